The Balaban J connectivity index is 1.29. The van der Waals surface area contributed by atoms with Gasteiger partial charge in [-0.25, -0.2) is 4.98 Å². The summed E-state index contributed by atoms with van der Waals surface area (Å²) in [4.78, 5) is 16.0. The Morgan fingerprint density at radius 1 is 0.971 bits per heavy atom. The fraction of sp³-hybridized carbons (Fsp3) is 0.333. The molecule has 0 saturated carbocycles. The van der Waals surface area contributed by atoms with E-state index in [1.807, 2.05) is 6.07 Å². The second kappa shape index (κ2) is 12.1. The lowest BCUT2D eigenvalue weighted by Gasteiger charge is -2.21. The number of aryl methyl sites for hydroxylation is 2. The van der Waals surface area contributed by atoms with Crippen LogP contribution in [0.2, 0.25) is 0 Å². The predicted molar refractivity (Wildman–Crippen MR) is 146 cm³/mol. The molecule has 4 aromatic rings. The van der Waals surface area contributed by atoms with Crippen molar-refractivity contribution < 1.29 is 9.90 Å². The SMILES string of the molecule is Cc1nc2ccc(CCCCNC(Cc3ccc(-c4ccccc4)cc3)CC(C)C(=O)O)cc2s1. The van der Waals surface area contributed by atoms with Crippen LogP contribution in [-0.4, -0.2) is 28.6 Å². The number of carboxylic acids is 1. The summed E-state index contributed by atoms with van der Waals surface area (Å²) >= 11 is 1.75. The fourth-order valence-corrected chi connectivity index (χ4v) is 5.41. The third-order valence-electron chi connectivity index (χ3n) is 6.49. The van der Waals surface area contributed by atoms with E-state index in [-0.39, 0.29) is 12.0 Å². The van der Waals surface area contributed by atoms with Crippen molar-refractivity contribution in [2.75, 3.05) is 6.54 Å². The Labute approximate surface area is 212 Å². The van der Waals surface area contributed by atoms with E-state index in [2.05, 4.69) is 84.0 Å². The summed E-state index contributed by atoms with van der Waals surface area (Å²) in [6.45, 7) is 4.74. The van der Waals surface area contributed by atoms with Crippen molar-refractivity contribution in [3.63, 3.8) is 0 Å². The molecule has 4 nitrogen and oxygen atoms in total. The van der Waals surface area contributed by atoms with Crippen molar-refractivity contribution in [2.24, 2.45) is 5.92 Å². The Morgan fingerprint density at radius 2 is 1.69 bits per heavy atom. The molecule has 0 spiro atoms. The molecule has 1 heterocycles. The third kappa shape index (κ3) is 7.23. The van der Waals surface area contributed by atoms with Crippen molar-refractivity contribution in [3.05, 3.63) is 88.9 Å². The lowest BCUT2D eigenvalue weighted by molar-refractivity contribution is -0.141. The molecular weight excluding hydrogens is 452 g/mol. The number of thiazole rings is 1. The van der Waals surface area contributed by atoms with Gasteiger partial charge >= 0.3 is 5.97 Å². The second-order valence-corrected chi connectivity index (χ2v) is 10.6. The maximum atomic E-state index is 11.5. The number of carbonyl (C=O) groups is 1. The van der Waals surface area contributed by atoms with Crippen molar-refractivity contribution in [1.82, 2.24) is 10.3 Å². The van der Waals surface area contributed by atoms with Crippen molar-refractivity contribution >= 4 is 27.5 Å². The summed E-state index contributed by atoms with van der Waals surface area (Å²) in [6, 6.07) is 25.7. The van der Waals surface area contributed by atoms with Crippen molar-refractivity contribution in [3.8, 4) is 11.1 Å². The largest absolute Gasteiger partial charge is 0.481 e. The van der Waals surface area contributed by atoms with Gasteiger partial charge < -0.3 is 10.4 Å². The standard InChI is InChI=1S/C30H34N2O2S/c1-21(30(33)34)18-27(19-24-11-14-26(15-12-24)25-9-4-3-5-10-25)31-17-7-6-8-23-13-16-28-29(20-23)35-22(2)32-28/h3-5,9-16,20-21,27,31H,6-8,17-19H2,1-2H3,(H,33,34). The molecule has 2 unspecified atom stereocenters. The normalized spacial score (nSPS) is 13.1. The molecule has 0 bridgehead atoms. The van der Waals surface area contributed by atoms with E-state index in [0.29, 0.717) is 6.42 Å². The van der Waals surface area contributed by atoms with E-state index < -0.39 is 5.97 Å². The highest BCUT2D eigenvalue weighted by molar-refractivity contribution is 7.18. The molecule has 0 fully saturated rings. The minimum Gasteiger partial charge on any atom is -0.481 e. The maximum absolute atomic E-state index is 11.5. The molecule has 0 aliphatic carbocycles. The topological polar surface area (TPSA) is 62.2 Å². The molecule has 3 aromatic carbocycles. The molecule has 0 saturated heterocycles. The van der Waals surface area contributed by atoms with Crippen LogP contribution in [0.15, 0.2) is 72.8 Å². The van der Waals surface area contributed by atoms with Crippen LogP contribution in [0.1, 0.15) is 42.3 Å². The minimum atomic E-state index is -0.732. The zero-order valence-electron chi connectivity index (χ0n) is 20.5. The molecular formula is C30H34N2O2S. The monoisotopic (exact) mass is 486 g/mol. The number of hydrogen-bond acceptors (Lipinski definition) is 4. The second-order valence-electron chi connectivity index (χ2n) is 9.39. The highest BCUT2D eigenvalue weighted by Gasteiger charge is 2.18. The number of aromatic nitrogens is 1. The number of rotatable bonds is 12. The summed E-state index contributed by atoms with van der Waals surface area (Å²) in [5.74, 6) is -1.10. The van der Waals surface area contributed by atoms with E-state index in [4.69, 9.17) is 0 Å². The van der Waals surface area contributed by atoms with Crippen LogP contribution in [0.5, 0.6) is 0 Å². The van der Waals surface area contributed by atoms with Gasteiger partial charge in [-0.1, -0.05) is 67.6 Å². The quantitative estimate of drug-likeness (QED) is 0.214. The molecule has 0 amide bonds. The first-order chi connectivity index (χ1) is 17.0. The van der Waals surface area contributed by atoms with Gasteiger partial charge in [-0.15, -0.1) is 11.3 Å². The van der Waals surface area contributed by atoms with Crippen molar-refractivity contribution in [2.45, 2.75) is 52.0 Å². The number of unbranched alkanes of at least 4 members (excludes halogenated alkanes) is 1. The number of nitrogens with zero attached hydrogens (tertiary/aromatic N) is 1. The number of aliphatic carboxylic acids is 1. The summed E-state index contributed by atoms with van der Waals surface area (Å²) in [5.41, 5.74) is 6.08. The summed E-state index contributed by atoms with van der Waals surface area (Å²) in [7, 11) is 0. The minimum absolute atomic E-state index is 0.139. The highest BCUT2D eigenvalue weighted by Crippen LogP contribution is 2.24. The van der Waals surface area contributed by atoms with Crippen LogP contribution < -0.4 is 5.32 Å². The van der Waals surface area contributed by atoms with Crippen LogP contribution in [-0.2, 0) is 17.6 Å². The van der Waals surface area contributed by atoms with Gasteiger partial charge in [-0.3, -0.25) is 4.79 Å². The fourth-order valence-electron chi connectivity index (χ4n) is 4.51. The number of fused-ring (bicyclic) bond motifs is 1. The average molecular weight is 487 g/mol. The summed E-state index contributed by atoms with van der Waals surface area (Å²) in [5, 5.41) is 14.2. The van der Waals surface area contributed by atoms with E-state index in [1.165, 1.54) is 27.0 Å². The van der Waals surface area contributed by atoms with E-state index in [9.17, 15) is 9.90 Å². The zero-order chi connectivity index (χ0) is 24.6. The molecule has 35 heavy (non-hydrogen) atoms. The average Bonchev–Trinajstić information content (AvgIpc) is 3.24. The molecule has 0 aliphatic heterocycles. The Kier molecular flexibility index (Phi) is 8.67. The van der Waals surface area contributed by atoms with Crippen LogP contribution >= 0.6 is 11.3 Å². The van der Waals surface area contributed by atoms with Gasteiger partial charge in [-0.05, 0) is 80.0 Å². The number of hydrogen-bond donors (Lipinski definition) is 2. The number of benzene rings is 3. The van der Waals surface area contributed by atoms with Gasteiger partial charge in [0.05, 0.1) is 21.1 Å². The van der Waals surface area contributed by atoms with Crippen LogP contribution in [0.25, 0.3) is 21.3 Å². The first kappa shape index (κ1) is 25.1. The molecule has 0 radical (unpaired) electrons. The smallest absolute Gasteiger partial charge is 0.306 e. The summed E-state index contributed by atoms with van der Waals surface area (Å²) in [6.07, 6.45) is 4.66. The maximum Gasteiger partial charge on any atom is 0.306 e. The van der Waals surface area contributed by atoms with E-state index >= 15 is 0 Å². The lowest BCUT2D eigenvalue weighted by Crippen LogP contribution is -2.35. The van der Waals surface area contributed by atoms with Gasteiger partial charge in [0.2, 0.25) is 0 Å². The van der Waals surface area contributed by atoms with Gasteiger partial charge in [-0.2, -0.15) is 0 Å². The zero-order valence-corrected chi connectivity index (χ0v) is 21.4. The molecule has 0 aliphatic rings. The van der Waals surface area contributed by atoms with Gasteiger partial charge in [0.1, 0.15) is 0 Å². The van der Waals surface area contributed by atoms with Gasteiger partial charge in [0.25, 0.3) is 0 Å². The molecule has 4 rings (SSSR count). The first-order valence-electron chi connectivity index (χ1n) is 12.4. The third-order valence-corrected chi connectivity index (χ3v) is 7.42. The van der Waals surface area contributed by atoms with Crippen LogP contribution in [0.4, 0.5) is 0 Å². The predicted octanol–water partition coefficient (Wildman–Crippen LogP) is 6.91. The number of nitrogens with one attached hydrogen (secondary N) is 1. The molecule has 2 atom stereocenters. The Bertz CT molecular complexity index is 1230. The van der Waals surface area contributed by atoms with Crippen LogP contribution in [0.3, 0.4) is 0 Å². The Hall–Kier alpha value is -3.02. The highest BCUT2D eigenvalue weighted by atomic mass is 32.1. The van der Waals surface area contributed by atoms with E-state index in [0.717, 1.165) is 42.8 Å². The lowest BCUT2D eigenvalue weighted by atomic mass is 9.95. The van der Waals surface area contributed by atoms with Crippen LogP contribution in [0, 0.1) is 12.8 Å². The first-order valence-corrected chi connectivity index (χ1v) is 13.3. The summed E-state index contributed by atoms with van der Waals surface area (Å²) < 4.78 is 1.26. The number of carboxylic acid groups (broad SMARTS) is 1. The van der Waals surface area contributed by atoms with Gasteiger partial charge in [0, 0.05) is 6.04 Å². The van der Waals surface area contributed by atoms with Gasteiger partial charge in [0.15, 0.2) is 0 Å². The molecule has 2 N–H and O–H groups in total. The molecule has 5 heteroatoms. The molecule has 1 aromatic heterocycles. The molecule has 182 valence electrons. The van der Waals surface area contributed by atoms with E-state index in [1.54, 1.807) is 18.3 Å². The Morgan fingerprint density at radius 3 is 2.43 bits per heavy atom. The van der Waals surface area contributed by atoms with Crippen molar-refractivity contribution in [1.29, 1.82) is 0 Å².